The average molecular weight is 399 g/mol. The number of carboxylic acids is 2. The largest absolute Gasteiger partial charge is 1.00 e. The Hall–Kier alpha value is 0.900. The van der Waals surface area contributed by atoms with E-state index in [1.807, 2.05) is 0 Å². The molecule has 0 amide bonds. The number of rotatable bonds is 9. The minimum absolute atomic E-state index is 0. The minimum atomic E-state index is -1.36. The summed E-state index contributed by atoms with van der Waals surface area (Å²) in [5.41, 5.74) is 0. The fourth-order valence-corrected chi connectivity index (χ4v) is 1.06. The molecule has 152 valence electrons. The average Bonchev–Trinajstić information content (AvgIpc) is 2.42. The van der Waals surface area contributed by atoms with Crippen molar-refractivity contribution in [2.24, 2.45) is 17.8 Å². The zero-order valence-corrected chi connectivity index (χ0v) is 19.3. The van der Waals surface area contributed by atoms with Gasteiger partial charge in [-0.15, -0.1) is 0 Å². The van der Waals surface area contributed by atoms with Crippen LogP contribution in [-0.4, -0.2) is 25.2 Å². The van der Waals surface area contributed by atoms with Crippen LogP contribution in [0.25, 0.3) is 0 Å². The number of aliphatic carboxylic acids is 2. The van der Waals surface area contributed by atoms with Gasteiger partial charge in [0.2, 0.25) is 0 Å². The van der Waals surface area contributed by atoms with Gasteiger partial charge in [0.05, 0.1) is 0 Å². The Morgan fingerprint density at radius 3 is 1.42 bits per heavy atom. The summed E-state index contributed by atoms with van der Waals surface area (Å²) in [5.74, 6) is -3.99. The molecule has 0 saturated heterocycles. The van der Waals surface area contributed by atoms with Crippen LogP contribution in [0.4, 0.5) is 0 Å². The van der Waals surface area contributed by atoms with Gasteiger partial charge in [0.15, 0.2) is 0 Å². The molecule has 0 bridgehead atoms. The molecule has 3 unspecified atom stereocenters. The summed E-state index contributed by atoms with van der Waals surface area (Å²) in [6, 6.07) is 0. The second-order valence-electron chi connectivity index (χ2n) is 5.16. The molecule has 0 aliphatic heterocycles. The molecule has 0 radical (unpaired) electrons. The molecule has 0 fully saturated rings. The van der Waals surface area contributed by atoms with E-state index in [0.29, 0.717) is 0 Å². The van der Waals surface area contributed by atoms with Crippen molar-refractivity contribution in [1.29, 1.82) is 0 Å². The molecule has 0 rings (SSSR count). The SMILES string of the molecule is C.C.C.C.CC(C(=O)[O-])C(C)C(=O)[O-].CCCCOCC(C)CC.[Na+].[Na+]. The van der Waals surface area contributed by atoms with E-state index in [9.17, 15) is 19.8 Å². The Balaban J connectivity index is -0.0000000337. The molecule has 0 aromatic carbocycles. The van der Waals surface area contributed by atoms with Gasteiger partial charge in [-0.2, -0.15) is 0 Å². The summed E-state index contributed by atoms with van der Waals surface area (Å²) in [4.78, 5) is 20.1. The van der Waals surface area contributed by atoms with Crippen LogP contribution in [0.5, 0.6) is 0 Å². The summed E-state index contributed by atoms with van der Waals surface area (Å²) < 4.78 is 5.43. The zero-order chi connectivity index (χ0) is 16.1. The predicted molar refractivity (Wildman–Crippen MR) is 100 cm³/mol. The van der Waals surface area contributed by atoms with Crippen LogP contribution in [0, 0.1) is 17.8 Å². The molecule has 3 atom stereocenters. The van der Waals surface area contributed by atoms with Crippen molar-refractivity contribution in [3.8, 4) is 0 Å². The Morgan fingerprint density at radius 2 is 1.19 bits per heavy atom. The molecule has 26 heavy (non-hydrogen) atoms. The number of carbonyl (C=O) groups excluding carboxylic acids is 2. The topological polar surface area (TPSA) is 89.5 Å². The molecule has 0 saturated carbocycles. The van der Waals surface area contributed by atoms with Crippen LogP contribution < -0.4 is 69.3 Å². The maximum atomic E-state index is 10.0. The van der Waals surface area contributed by atoms with Gasteiger partial charge < -0.3 is 24.5 Å². The van der Waals surface area contributed by atoms with Crippen molar-refractivity contribution in [2.45, 2.75) is 83.6 Å². The molecule has 7 heteroatoms. The van der Waals surface area contributed by atoms with Gasteiger partial charge in [0.1, 0.15) is 0 Å². The van der Waals surface area contributed by atoms with Gasteiger partial charge in [0.25, 0.3) is 0 Å². The van der Waals surface area contributed by atoms with E-state index < -0.39 is 23.8 Å². The number of ether oxygens (including phenoxy) is 1. The number of hydrogen-bond donors (Lipinski definition) is 0. The van der Waals surface area contributed by atoms with Crippen molar-refractivity contribution < 1.29 is 83.7 Å². The molecule has 0 aliphatic carbocycles. The third kappa shape index (κ3) is 32.6. The fourth-order valence-electron chi connectivity index (χ4n) is 1.06. The first kappa shape index (κ1) is 50.5. The van der Waals surface area contributed by atoms with E-state index in [1.165, 1.54) is 33.1 Å². The second-order valence-corrected chi connectivity index (χ2v) is 5.16. The Kier molecular flexibility index (Phi) is 65.1. The van der Waals surface area contributed by atoms with E-state index in [-0.39, 0.29) is 88.8 Å². The maximum Gasteiger partial charge on any atom is 1.00 e. The summed E-state index contributed by atoms with van der Waals surface area (Å²) >= 11 is 0. The van der Waals surface area contributed by atoms with E-state index in [4.69, 9.17) is 4.74 Å². The Morgan fingerprint density at radius 1 is 0.846 bits per heavy atom. The van der Waals surface area contributed by atoms with Gasteiger partial charge in [-0.1, -0.05) is 77.2 Å². The summed E-state index contributed by atoms with van der Waals surface area (Å²) in [7, 11) is 0. The standard InChI is InChI=1S/C9H20O.C6H10O4.4CH4.2Na/c1-4-6-7-10-8-9(3)5-2;1-3(5(7)8)4(2)6(9)10;;;;;;/h9H,4-8H2,1-3H3;3-4H,1-2H3,(H,7,8)(H,9,10);4*1H4;;/q;;;;;;2*+1/p-2. The minimum Gasteiger partial charge on any atom is -0.550 e. The normalized spacial score (nSPS) is 11.3. The van der Waals surface area contributed by atoms with Crippen molar-refractivity contribution in [2.75, 3.05) is 13.2 Å². The predicted octanol–water partition coefficient (Wildman–Crippen LogP) is -2.84. The summed E-state index contributed by atoms with van der Waals surface area (Å²) in [6.07, 6.45) is 3.67. The molecule has 0 heterocycles. The molecule has 0 aliphatic rings. The third-order valence-electron chi connectivity index (χ3n) is 3.24. The van der Waals surface area contributed by atoms with E-state index in [2.05, 4.69) is 20.8 Å². The Labute approximate surface area is 208 Å². The zero-order valence-electron chi connectivity index (χ0n) is 15.3. The smallest absolute Gasteiger partial charge is 0.550 e. The van der Waals surface area contributed by atoms with Gasteiger partial charge in [-0.05, 0) is 12.3 Å². The summed E-state index contributed by atoms with van der Waals surface area (Å²) in [5, 5.41) is 20.1. The molecule has 5 nitrogen and oxygen atoms in total. The first-order chi connectivity index (χ1) is 9.27. The first-order valence-corrected chi connectivity index (χ1v) is 7.27. The quantitative estimate of drug-likeness (QED) is 0.308. The van der Waals surface area contributed by atoms with Crippen molar-refractivity contribution in [3.05, 3.63) is 0 Å². The summed E-state index contributed by atoms with van der Waals surface area (Å²) in [6.45, 7) is 11.1. The molecule has 0 N–H and O–H groups in total. The molecule has 0 spiro atoms. The van der Waals surface area contributed by atoms with Gasteiger partial charge in [0, 0.05) is 37.0 Å². The monoisotopic (exact) mass is 398 g/mol. The van der Waals surface area contributed by atoms with Crippen molar-refractivity contribution in [3.63, 3.8) is 0 Å². The van der Waals surface area contributed by atoms with Crippen LogP contribution in [-0.2, 0) is 14.3 Å². The van der Waals surface area contributed by atoms with E-state index >= 15 is 0 Å². The molecule has 0 aromatic rings. The molecular weight excluding hydrogens is 354 g/mol. The van der Waals surface area contributed by atoms with Crippen LogP contribution in [0.15, 0.2) is 0 Å². The van der Waals surface area contributed by atoms with Gasteiger partial charge in [-0.3, -0.25) is 0 Å². The second kappa shape index (κ2) is 33.5. The Bertz CT molecular complexity index is 259. The molecule has 0 aromatic heterocycles. The van der Waals surface area contributed by atoms with Crippen LogP contribution in [0.2, 0.25) is 0 Å². The van der Waals surface area contributed by atoms with Crippen molar-refractivity contribution >= 4 is 11.9 Å². The van der Waals surface area contributed by atoms with Crippen LogP contribution in [0.1, 0.15) is 83.6 Å². The van der Waals surface area contributed by atoms with Gasteiger partial charge in [-0.25, -0.2) is 0 Å². The number of carboxylic acid groups (broad SMARTS) is 2. The molecular formula is C19H44Na2O5. The number of hydrogen-bond acceptors (Lipinski definition) is 5. The fraction of sp³-hybridized carbons (Fsp3) is 0.895. The van der Waals surface area contributed by atoms with Crippen LogP contribution >= 0.6 is 0 Å². The van der Waals surface area contributed by atoms with E-state index in [1.54, 1.807) is 0 Å². The van der Waals surface area contributed by atoms with E-state index in [0.717, 1.165) is 19.1 Å². The number of unbranched alkanes of at least 4 members (excludes halogenated alkanes) is 1. The van der Waals surface area contributed by atoms with Gasteiger partial charge >= 0.3 is 59.1 Å². The van der Waals surface area contributed by atoms with Crippen molar-refractivity contribution in [1.82, 2.24) is 0 Å². The first-order valence-electron chi connectivity index (χ1n) is 7.27. The number of carbonyl (C=O) groups is 2. The maximum absolute atomic E-state index is 10.0. The third-order valence-corrected chi connectivity index (χ3v) is 3.24. The van der Waals surface area contributed by atoms with Crippen LogP contribution in [0.3, 0.4) is 0 Å².